The summed E-state index contributed by atoms with van der Waals surface area (Å²) < 4.78 is 5.41. The van der Waals surface area contributed by atoms with E-state index in [-0.39, 0.29) is 18.4 Å². The number of anilines is 2. The Bertz CT molecular complexity index is 727. The lowest BCUT2D eigenvalue weighted by Crippen LogP contribution is -2.22. The molecule has 2 rings (SSSR count). The normalized spacial score (nSPS) is 10.0. The zero-order valence-corrected chi connectivity index (χ0v) is 14.7. The molecular weight excluding hydrogens is 318 g/mol. The second kappa shape index (κ2) is 8.73. The van der Waals surface area contributed by atoms with Crippen LogP contribution in [0.2, 0.25) is 0 Å². The van der Waals surface area contributed by atoms with Gasteiger partial charge in [-0.3, -0.25) is 9.59 Å². The van der Waals surface area contributed by atoms with E-state index in [4.69, 9.17) is 4.74 Å². The molecule has 2 aromatic rings. The summed E-state index contributed by atoms with van der Waals surface area (Å²) >= 11 is 0. The summed E-state index contributed by atoms with van der Waals surface area (Å²) in [5.74, 6) is 0.495. The van der Waals surface area contributed by atoms with E-state index in [0.717, 1.165) is 11.4 Å². The van der Waals surface area contributed by atoms with Gasteiger partial charge in [0.15, 0.2) is 0 Å². The smallest absolute Gasteiger partial charge is 0.253 e. The fourth-order valence-corrected chi connectivity index (χ4v) is 2.21. The number of nitrogens with zero attached hydrogens (tertiary/aromatic N) is 1. The zero-order chi connectivity index (χ0) is 18.2. The molecule has 0 aromatic heterocycles. The van der Waals surface area contributed by atoms with Crippen LogP contribution >= 0.6 is 0 Å². The average molecular weight is 341 g/mol. The number of nitrogens with one attached hydrogen (secondary N) is 2. The molecule has 0 atom stereocenters. The third-order valence-electron chi connectivity index (χ3n) is 3.42. The molecule has 0 saturated heterocycles. The third kappa shape index (κ3) is 5.53. The summed E-state index contributed by atoms with van der Waals surface area (Å²) in [5, 5.41) is 5.84. The number of ether oxygens (including phenoxy) is 1. The second-order valence-corrected chi connectivity index (χ2v) is 5.64. The van der Waals surface area contributed by atoms with Crippen molar-refractivity contribution >= 4 is 23.2 Å². The second-order valence-electron chi connectivity index (χ2n) is 5.64. The minimum atomic E-state index is -0.165. The fraction of sp³-hybridized carbons (Fsp3) is 0.263. The van der Waals surface area contributed by atoms with Gasteiger partial charge in [-0.15, -0.1) is 0 Å². The maximum atomic E-state index is 12.0. The molecule has 0 saturated carbocycles. The summed E-state index contributed by atoms with van der Waals surface area (Å²) in [6, 6.07) is 14.3. The minimum Gasteiger partial charge on any atom is -0.494 e. The van der Waals surface area contributed by atoms with Gasteiger partial charge in [0.1, 0.15) is 5.75 Å². The molecule has 25 heavy (non-hydrogen) atoms. The molecular formula is C19H23N3O3. The Hall–Kier alpha value is -3.02. The van der Waals surface area contributed by atoms with Crippen LogP contribution in [0.3, 0.4) is 0 Å². The van der Waals surface area contributed by atoms with Crippen molar-refractivity contribution in [2.45, 2.75) is 6.92 Å². The van der Waals surface area contributed by atoms with Gasteiger partial charge in [-0.1, -0.05) is 6.07 Å². The van der Waals surface area contributed by atoms with Crippen molar-refractivity contribution in [1.29, 1.82) is 0 Å². The highest BCUT2D eigenvalue weighted by Crippen LogP contribution is 2.17. The number of carbonyl (C=O) groups is 2. The van der Waals surface area contributed by atoms with Crippen molar-refractivity contribution in [3.63, 3.8) is 0 Å². The molecule has 0 radical (unpaired) electrons. The number of hydrogen-bond acceptors (Lipinski definition) is 4. The van der Waals surface area contributed by atoms with Crippen molar-refractivity contribution in [2.75, 3.05) is 37.9 Å². The lowest BCUT2D eigenvalue weighted by atomic mass is 10.2. The standard InChI is InChI=1S/C19H23N3O3/c1-4-25-17-7-5-6-16(12-17)21-18(23)13-20-15-10-8-14(9-11-15)19(24)22(2)3/h5-12,20H,4,13H2,1-3H3,(H,21,23). The molecule has 2 amide bonds. The number of benzene rings is 2. The highest BCUT2D eigenvalue weighted by Gasteiger charge is 2.08. The summed E-state index contributed by atoms with van der Waals surface area (Å²) in [7, 11) is 3.42. The third-order valence-corrected chi connectivity index (χ3v) is 3.42. The van der Waals surface area contributed by atoms with Crippen LogP contribution < -0.4 is 15.4 Å². The van der Waals surface area contributed by atoms with E-state index >= 15 is 0 Å². The zero-order valence-electron chi connectivity index (χ0n) is 14.7. The van der Waals surface area contributed by atoms with Crippen LogP contribution in [-0.4, -0.2) is 44.0 Å². The van der Waals surface area contributed by atoms with Crippen LogP contribution in [-0.2, 0) is 4.79 Å². The molecule has 0 fully saturated rings. The summed E-state index contributed by atoms with van der Waals surface area (Å²) in [6.07, 6.45) is 0. The van der Waals surface area contributed by atoms with Crippen LogP contribution in [0, 0.1) is 0 Å². The largest absolute Gasteiger partial charge is 0.494 e. The Morgan fingerprint density at radius 3 is 2.40 bits per heavy atom. The maximum Gasteiger partial charge on any atom is 0.253 e. The Morgan fingerprint density at radius 1 is 1.04 bits per heavy atom. The van der Waals surface area contributed by atoms with Crippen molar-refractivity contribution in [1.82, 2.24) is 4.90 Å². The van der Waals surface area contributed by atoms with Gasteiger partial charge in [0.2, 0.25) is 5.91 Å². The Kier molecular flexibility index (Phi) is 6.39. The van der Waals surface area contributed by atoms with Gasteiger partial charge in [0, 0.05) is 37.1 Å². The van der Waals surface area contributed by atoms with Gasteiger partial charge in [0.25, 0.3) is 5.91 Å². The predicted octanol–water partition coefficient (Wildman–Crippen LogP) is 2.84. The summed E-state index contributed by atoms with van der Waals surface area (Å²) in [4.78, 5) is 25.4. The first kappa shape index (κ1) is 18.3. The number of amides is 2. The van der Waals surface area contributed by atoms with Crippen molar-refractivity contribution in [3.8, 4) is 5.75 Å². The van der Waals surface area contributed by atoms with Crippen LogP contribution in [0.1, 0.15) is 17.3 Å². The molecule has 132 valence electrons. The van der Waals surface area contributed by atoms with Crippen molar-refractivity contribution < 1.29 is 14.3 Å². The lowest BCUT2D eigenvalue weighted by Gasteiger charge is -2.12. The van der Waals surface area contributed by atoms with E-state index in [2.05, 4.69) is 10.6 Å². The first-order valence-corrected chi connectivity index (χ1v) is 8.08. The van der Waals surface area contributed by atoms with Gasteiger partial charge in [-0.25, -0.2) is 0 Å². The molecule has 2 aromatic carbocycles. The van der Waals surface area contributed by atoms with E-state index < -0.39 is 0 Å². The number of rotatable bonds is 7. The van der Waals surface area contributed by atoms with Gasteiger partial charge < -0.3 is 20.3 Å². The summed E-state index contributed by atoms with van der Waals surface area (Å²) in [6.45, 7) is 2.61. The fourth-order valence-electron chi connectivity index (χ4n) is 2.21. The van der Waals surface area contributed by atoms with E-state index in [9.17, 15) is 9.59 Å². The number of carbonyl (C=O) groups excluding carboxylic acids is 2. The van der Waals surface area contributed by atoms with Gasteiger partial charge in [-0.2, -0.15) is 0 Å². The van der Waals surface area contributed by atoms with Gasteiger partial charge in [0.05, 0.1) is 13.2 Å². The molecule has 6 nitrogen and oxygen atoms in total. The molecule has 2 N–H and O–H groups in total. The van der Waals surface area contributed by atoms with Crippen LogP contribution in [0.15, 0.2) is 48.5 Å². The van der Waals surface area contributed by atoms with E-state index in [0.29, 0.717) is 17.9 Å². The predicted molar refractivity (Wildman–Crippen MR) is 99.2 cm³/mol. The maximum absolute atomic E-state index is 12.0. The molecule has 0 aliphatic heterocycles. The quantitative estimate of drug-likeness (QED) is 0.812. The molecule has 0 heterocycles. The molecule has 0 aliphatic carbocycles. The lowest BCUT2D eigenvalue weighted by molar-refractivity contribution is -0.114. The average Bonchev–Trinajstić information content (AvgIpc) is 2.60. The van der Waals surface area contributed by atoms with E-state index in [1.807, 2.05) is 25.1 Å². The Labute approximate surface area is 147 Å². The van der Waals surface area contributed by atoms with E-state index in [1.165, 1.54) is 4.90 Å². The first-order valence-electron chi connectivity index (χ1n) is 8.08. The molecule has 6 heteroatoms. The van der Waals surface area contributed by atoms with Gasteiger partial charge in [-0.05, 0) is 43.3 Å². The minimum absolute atomic E-state index is 0.0570. The van der Waals surface area contributed by atoms with E-state index in [1.54, 1.807) is 44.4 Å². The first-order chi connectivity index (χ1) is 12.0. The highest BCUT2D eigenvalue weighted by molar-refractivity contribution is 5.95. The van der Waals surface area contributed by atoms with Crippen LogP contribution in [0.25, 0.3) is 0 Å². The number of hydrogen-bond donors (Lipinski definition) is 2. The van der Waals surface area contributed by atoms with Crippen molar-refractivity contribution in [3.05, 3.63) is 54.1 Å². The molecule has 0 bridgehead atoms. The Balaban J connectivity index is 1.87. The molecule has 0 spiro atoms. The molecule has 0 unspecified atom stereocenters. The Morgan fingerprint density at radius 2 is 1.76 bits per heavy atom. The topological polar surface area (TPSA) is 70.7 Å². The highest BCUT2D eigenvalue weighted by atomic mass is 16.5. The SMILES string of the molecule is CCOc1cccc(NC(=O)CNc2ccc(C(=O)N(C)C)cc2)c1. The monoisotopic (exact) mass is 341 g/mol. The van der Waals surface area contributed by atoms with Crippen LogP contribution in [0.4, 0.5) is 11.4 Å². The van der Waals surface area contributed by atoms with Gasteiger partial charge >= 0.3 is 0 Å². The molecule has 0 aliphatic rings. The summed E-state index contributed by atoms with van der Waals surface area (Å²) in [5.41, 5.74) is 2.06. The van der Waals surface area contributed by atoms with Crippen molar-refractivity contribution in [2.24, 2.45) is 0 Å². The van der Waals surface area contributed by atoms with Crippen LogP contribution in [0.5, 0.6) is 5.75 Å².